The van der Waals surface area contributed by atoms with Gasteiger partial charge in [0.25, 0.3) is 0 Å². The first-order valence-electron chi connectivity index (χ1n) is 16.1. The van der Waals surface area contributed by atoms with Gasteiger partial charge in [0.15, 0.2) is 11.9 Å². The van der Waals surface area contributed by atoms with Crippen molar-refractivity contribution >= 4 is 23.0 Å². The topological polar surface area (TPSA) is 255 Å². The molecule has 2 aliphatic rings. The Hall–Kier alpha value is -5.20. The molecule has 2 fully saturated rings. The first-order valence-corrected chi connectivity index (χ1v) is 16.1. The van der Waals surface area contributed by atoms with E-state index in [1.807, 2.05) is 0 Å². The van der Waals surface area contributed by atoms with Crippen LogP contribution in [0.1, 0.15) is 19.4 Å². The average Bonchev–Trinajstić information content (AvgIpc) is 3.11. The van der Waals surface area contributed by atoms with Gasteiger partial charge in [-0.1, -0.05) is 12.1 Å². The van der Waals surface area contributed by atoms with Gasteiger partial charge in [0.2, 0.25) is 23.8 Å². The van der Waals surface area contributed by atoms with Crippen LogP contribution in [0.3, 0.4) is 0 Å². The van der Waals surface area contributed by atoms with E-state index >= 15 is 0 Å². The van der Waals surface area contributed by atoms with Gasteiger partial charge < -0.3 is 69.0 Å². The summed E-state index contributed by atoms with van der Waals surface area (Å²) < 4.78 is 34.4. The minimum atomic E-state index is -1.75. The van der Waals surface area contributed by atoms with Crippen LogP contribution in [0.2, 0.25) is 0 Å². The van der Waals surface area contributed by atoms with E-state index in [1.54, 1.807) is 0 Å². The molecule has 2 saturated heterocycles. The van der Waals surface area contributed by atoms with Crippen molar-refractivity contribution in [3.63, 3.8) is 0 Å². The number of phenols is 3. The first-order chi connectivity index (χ1) is 24.7. The number of ether oxygens (including phenoxy) is 5. The number of carbonyl (C=O) groups excluding carboxylic acids is 1. The second-order valence-electron chi connectivity index (χ2n) is 12.4. The van der Waals surface area contributed by atoms with Crippen molar-refractivity contribution in [2.45, 2.75) is 75.3 Å². The van der Waals surface area contributed by atoms with Gasteiger partial charge in [-0.25, -0.2) is 4.79 Å². The number of carbonyl (C=O) groups is 1. The predicted octanol–water partition coefficient (Wildman–Crippen LogP) is 1.25. The third kappa shape index (κ3) is 7.40. The van der Waals surface area contributed by atoms with Gasteiger partial charge in [-0.2, -0.15) is 0 Å². The molecule has 6 rings (SSSR count). The number of phenolic OH excluding ortho intramolecular Hbond substituents is 3. The van der Waals surface area contributed by atoms with Gasteiger partial charge in [-0.3, -0.25) is 4.79 Å². The number of esters is 1. The maximum atomic E-state index is 14.1. The fourth-order valence-electron chi connectivity index (χ4n) is 5.74. The van der Waals surface area contributed by atoms with Crippen LogP contribution >= 0.6 is 0 Å². The number of fused-ring (bicyclic) bond motifs is 1. The third-order valence-corrected chi connectivity index (χ3v) is 8.67. The van der Waals surface area contributed by atoms with Crippen molar-refractivity contribution in [2.75, 3.05) is 0 Å². The number of rotatable bonds is 8. The van der Waals surface area contributed by atoms with Crippen molar-refractivity contribution in [1.29, 1.82) is 0 Å². The minimum Gasteiger partial charge on any atom is -0.508 e. The average molecular weight is 725 g/mol. The number of hydrogen-bond acceptors (Lipinski definition) is 16. The van der Waals surface area contributed by atoms with E-state index in [2.05, 4.69) is 0 Å². The fraction of sp³-hybridized carbons (Fsp3) is 0.333. The lowest BCUT2D eigenvalue weighted by Crippen LogP contribution is -2.59. The molecule has 0 bridgehead atoms. The van der Waals surface area contributed by atoms with E-state index in [0.717, 1.165) is 12.1 Å². The van der Waals surface area contributed by atoms with Gasteiger partial charge >= 0.3 is 5.97 Å². The molecular formula is C36H36O16. The van der Waals surface area contributed by atoms with Crippen LogP contribution in [-0.4, -0.2) is 108 Å². The summed E-state index contributed by atoms with van der Waals surface area (Å²) in [5.41, 5.74) is -0.483. The van der Waals surface area contributed by atoms with Gasteiger partial charge in [0.05, 0.1) is 12.2 Å². The molecule has 3 heterocycles. The quantitative estimate of drug-likeness (QED) is 0.0940. The maximum absolute atomic E-state index is 14.1. The zero-order chi connectivity index (χ0) is 37.4. The second-order valence-corrected chi connectivity index (χ2v) is 12.4. The van der Waals surface area contributed by atoms with Crippen molar-refractivity contribution in [1.82, 2.24) is 0 Å². The summed E-state index contributed by atoms with van der Waals surface area (Å²) in [6.45, 7) is 2.87. The largest absolute Gasteiger partial charge is 0.508 e. The van der Waals surface area contributed by atoms with Gasteiger partial charge in [0, 0.05) is 23.8 Å². The molecule has 52 heavy (non-hydrogen) atoms. The lowest BCUT2D eigenvalue weighted by atomic mass is 9.99. The lowest BCUT2D eigenvalue weighted by molar-refractivity contribution is -0.272. The highest BCUT2D eigenvalue weighted by atomic mass is 16.7. The summed E-state index contributed by atoms with van der Waals surface area (Å²) in [5, 5.41) is 82.2. The molecule has 3 aromatic carbocycles. The van der Waals surface area contributed by atoms with Crippen LogP contribution in [0.25, 0.3) is 28.4 Å². The first kappa shape index (κ1) is 36.6. The molecular weight excluding hydrogens is 688 g/mol. The number of aliphatic hydroxyl groups is 5. The van der Waals surface area contributed by atoms with Crippen LogP contribution in [0.15, 0.2) is 76.0 Å². The molecule has 4 aromatic rings. The van der Waals surface area contributed by atoms with E-state index in [9.17, 15) is 50.4 Å². The Morgan fingerprint density at radius 3 is 1.98 bits per heavy atom. The molecule has 8 N–H and O–H groups in total. The zero-order valence-corrected chi connectivity index (χ0v) is 27.5. The molecule has 16 heteroatoms. The Morgan fingerprint density at radius 1 is 0.731 bits per heavy atom. The van der Waals surface area contributed by atoms with Crippen molar-refractivity contribution in [2.24, 2.45) is 0 Å². The predicted molar refractivity (Wildman–Crippen MR) is 178 cm³/mol. The van der Waals surface area contributed by atoms with Crippen LogP contribution in [0.4, 0.5) is 0 Å². The van der Waals surface area contributed by atoms with Gasteiger partial charge in [-0.05, 0) is 61.9 Å². The highest BCUT2D eigenvalue weighted by Gasteiger charge is 2.47. The highest BCUT2D eigenvalue weighted by Crippen LogP contribution is 2.39. The molecule has 0 radical (unpaired) electrons. The zero-order valence-electron chi connectivity index (χ0n) is 27.5. The highest BCUT2D eigenvalue weighted by molar-refractivity contribution is 5.89. The smallest absolute Gasteiger partial charge is 0.331 e. The maximum Gasteiger partial charge on any atom is 0.331 e. The molecule has 0 aliphatic carbocycles. The monoisotopic (exact) mass is 724 g/mol. The molecule has 0 unspecified atom stereocenters. The number of aromatic hydroxyl groups is 3. The summed E-state index contributed by atoms with van der Waals surface area (Å²) in [6, 6.07) is 13.5. The van der Waals surface area contributed by atoms with E-state index in [0.29, 0.717) is 5.56 Å². The molecule has 0 spiro atoms. The Morgan fingerprint density at radius 2 is 1.33 bits per heavy atom. The van der Waals surface area contributed by atoms with E-state index in [4.69, 9.17) is 28.1 Å². The fourth-order valence-corrected chi connectivity index (χ4v) is 5.74. The summed E-state index contributed by atoms with van der Waals surface area (Å²) in [5.74, 6) is -2.74. The van der Waals surface area contributed by atoms with Crippen molar-refractivity contribution in [3.8, 4) is 40.1 Å². The molecule has 10 atom stereocenters. The molecule has 2 aliphatic heterocycles. The molecule has 1 aromatic heterocycles. The van der Waals surface area contributed by atoms with Gasteiger partial charge in [-0.15, -0.1) is 0 Å². The number of benzene rings is 3. The van der Waals surface area contributed by atoms with Gasteiger partial charge in [0.1, 0.15) is 64.5 Å². The molecule has 16 nitrogen and oxygen atoms in total. The second kappa shape index (κ2) is 14.8. The number of hydrogen-bond donors (Lipinski definition) is 8. The lowest BCUT2D eigenvalue weighted by Gasteiger charge is -2.40. The molecule has 276 valence electrons. The standard InChI is InChI=1S/C36H36O16/c1-15-26(41)29(44)31(46)35(47-15)49-21-13-22(39)25-23(14-21)50-32(18-6-10-20(38)11-7-18)33(28(25)43)52-36-34(30(45)27(42)16(2)48-36)51-24(40)12-5-17-3-8-19(37)9-4-17/h3-16,26-27,29-31,34-39,41-42,44-46H,1-2H3/b12-5+/t15-,16+,26+,27+,29-,30-,31+,34+,35+,36-/m1/s1. The van der Waals surface area contributed by atoms with E-state index < -0.39 is 89.7 Å². The summed E-state index contributed by atoms with van der Waals surface area (Å²) in [4.78, 5) is 27.0. The summed E-state index contributed by atoms with van der Waals surface area (Å²) in [6.07, 6.45) is -12.5. The van der Waals surface area contributed by atoms with Crippen molar-refractivity contribution in [3.05, 3.63) is 82.5 Å². The molecule has 0 saturated carbocycles. The Bertz CT molecular complexity index is 1990. The summed E-state index contributed by atoms with van der Waals surface area (Å²) >= 11 is 0. The summed E-state index contributed by atoms with van der Waals surface area (Å²) in [7, 11) is 0. The normalized spacial score (nSPS) is 29.2. The Balaban J connectivity index is 1.37. The third-order valence-electron chi connectivity index (χ3n) is 8.67. The number of aliphatic hydroxyl groups excluding tert-OH is 5. The Labute approximate surface area is 294 Å². The van der Waals surface area contributed by atoms with Crippen LogP contribution in [0.5, 0.6) is 28.7 Å². The van der Waals surface area contributed by atoms with Crippen LogP contribution in [0, 0.1) is 0 Å². The van der Waals surface area contributed by atoms with E-state index in [-0.39, 0.29) is 34.2 Å². The SMILES string of the molecule is C[C@@H]1O[C@H](Oc2c(-c3ccc(O)cc3)oc3cc(O[C@@H]4O[C@H](C)[C@H](O)[C@@H](O)[C@@H]4O)cc(O)c3c2=O)[C@@H](OC(=O)/C=C/c2ccc(O)cc2)[C@H](O)[C@H]1O. The molecule has 0 amide bonds. The van der Waals surface area contributed by atoms with Crippen LogP contribution < -0.4 is 14.9 Å². The van der Waals surface area contributed by atoms with E-state index in [1.165, 1.54) is 74.5 Å². The van der Waals surface area contributed by atoms with Crippen LogP contribution in [-0.2, 0) is 19.0 Å². The van der Waals surface area contributed by atoms with Crippen molar-refractivity contribution < 1.29 is 73.7 Å². The Kier molecular flexibility index (Phi) is 10.4. The minimum absolute atomic E-state index is 0.0167.